The molecule has 0 saturated carbocycles. The van der Waals surface area contributed by atoms with Gasteiger partial charge in [0.1, 0.15) is 0 Å². The van der Waals surface area contributed by atoms with Gasteiger partial charge in [0.05, 0.1) is 0 Å². The van der Waals surface area contributed by atoms with Crippen LogP contribution in [-0.4, -0.2) is 0 Å². The minimum absolute atomic E-state index is 0.291. The SMILES string of the molecule is CC1=CCCC(C)(C)[C@@H]1/C=C/C(C)=C/C=C/C(C)=C/C=C/C=C(C)/C=C/C=C(C)/C=C/C1=C(C)CCCC1(C)C. The molecular weight excluding hydrogens is 480 g/mol. The summed E-state index contributed by atoms with van der Waals surface area (Å²) in [5.41, 5.74) is 10.2. The monoisotopic (exact) mass is 536 g/mol. The van der Waals surface area contributed by atoms with Crippen molar-refractivity contribution < 1.29 is 0 Å². The summed E-state index contributed by atoms with van der Waals surface area (Å²) in [6.45, 7) is 22.7. The van der Waals surface area contributed by atoms with E-state index in [0.29, 0.717) is 16.7 Å². The smallest absolute Gasteiger partial charge is 0.00285 e. The van der Waals surface area contributed by atoms with Crippen molar-refractivity contribution in [3.05, 3.63) is 130 Å². The van der Waals surface area contributed by atoms with Gasteiger partial charge in [0, 0.05) is 5.92 Å². The van der Waals surface area contributed by atoms with E-state index in [1.165, 1.54) is 65.5 Å². The molecule has 0 nitrogen and oxygen atoms in total. The third-order valence-electron chi connectivity index (χ3n) is 8.46. The number of hydrogen-bond acceptors (Lipinski definition) is 0. The van der Waals surface area contributed by atoms with E-state index in [0.717, 1.165) is 0 Å². The molecule has 216 valence electrons. The van der Waals surface area contributed by atoms with Gasteiger partial charge in [0.2, 0.25) is 0 Å². The predicted molar refractivity (Wildman–Crippen MR) is 181 cm³/mol. The lowest BCUT2D eigenvalue weighted by Gasteiger charge is -2.36. The topological polar surface area (TPSA) is 0 Å². The zero-order valence-corrected chi connectivity index (χ0v) is 27.3. The number of hydrogen-bond donors (Lipinski definition) is 0. The van der Waals surface area contributed by atoms with E-state index >= 15 is 0 Å². The molecule has 1 atom stereocenters. The van der Waals surface area contributed by atoms with Crippen LogP contribution in [0.3, 0.4) is 0 Å². The Morgan fingerprint density at radius 2 is 1.23 bits per heavy atom. The summed E-state index contributed by atoms with van der Waals surface area (Å²) in [6.07, 6.45) is 39.5. The molecular formula is C40H56. The molecule has 0 amide bonds. The summed E-state index contributed by atoms with van der Waals surface area (Å²) in [6, 6.07) is 0. The van der Waals surface area contributed by atoms with E-state index in [-0.39, 0.29) is 0 Å². The maximum Gasteiger partial charge on any atom is 0.00285 e. The first kappa shape index (κ1) is 33.3. The summed E-state index contributed by atoms with van der Waals surface area (Å²) in [7, 11) is 0. The molecule has 0 heteroatoms. The second kappa shape index (κ2) is 15.8. The molecule has 0 aromatic carbocycles. The van der Waals surface area contributed by atoms with Gasteiger partial charge in [-0.25, -0.2) is 0 Å². The highest BCUT2D eigenvalue weighted by Gasteiger charge is 2.30. The molecule has 2 rings (SSSR count). The van der Waals surface area contributed by atoms with Gasteiger partial charge >= 0.3 is 0 Å². The molecule has 0 spiro atoms. The molecule has 2 aliphatic carbocycles. The molecule has 0 aromatic heterocycles. The lowest BCUT2D eigenvalue weighted by atomic mass is 9.68. The first-order chi connectivity index (χ1) is 18.8. The van der Waals surface area contributed by atoms with E-state index in [2.05, 4.69) is 160 Å². The molecule has 0 saturated heterocycles. The summed E-state index contributed by atoms with van der Waals surface area (Å²) < 4.78 is 0. The van der Waals surface area contributed by atoms with E-state index in [4.69, 9.17) is 0 Å². The molecule has 0 unspecified atom stereocenters. The fourth-order valence-electron chi connectivity index (χ4n) is 5.80. The van der Waals surface area contributed by atoms with Crippen LogP contribution in [0.15, 0.2) is 130 Å². The highest BCUT2D eigenvalue weighted by molar-refractivity contribution is 5.37. The molecule has 40 heavy (non-hydrogen) atoms. The quantitative estimate of drug-likeness (QED) is 0.192. The molecule has 0 heterocycles. The third kappa shape index (κ3) is 11.3. The summed E-state index contributed by atoms with van der Waals surface area (Å²) in [4.78, 5) is 0. The first-order valence-electron chi connectivity index (χ1n) is 15.3. The van der Waals surface area contributed by atoms with Crippen LogP contribution in [0.4, 0.5) is 0 Å². The lowest BCUT2D eigenvalue weighted by Crippen LogP contribution is -2.26. The van der Waals surface area contributed by atoms with Crippen LogP contribution >= 0.6 is 0 Å². The zero-order valence-electron chi connectivity index (χ0n) is 27.3. The van der Waals surface area contributed by atoms with Gasteiger partial charge in [-0.1, -0.05) is 152 Å². The van der Waals surface area contributed by atoms with E-state index in [1.807, 2.05) is 0 Å². The van der Waals surface area contributed by atoms with Crippen molar-refractivity contribution in [2.45, 2.75) is 101 Å². The standard InChI is InChI=1S/C40H56/c1-31(19-13-21-33(3)25-27-37-35(5)23-15-29-39(37,7)8)17-11-12-18-32(2)20-14-22-34(4)26-28-38-36(6)24-16-30-40(38,9)10/h11-14,17-23,25-28,37H,15-16,24,29-30H2,1-10H3/b12-11+,19-13+,20-14+,27-25+,28-26+,31-17+,32-18+,33-21+,34-22+/t37-/m1/s1. The highest BCUT2D eigenvalue weighted by atomic mass is 14.3. The maximum atomic E-state index is 2.41. The van der Waals surface area contributed by atoms with Crippen molar-refractivity contribution in [3.63, 3.8) is 0 Å². The van der Waals surface area contributed by atoms with Crippen LogP contribution in [0.2, 0.25) is 0 Å². The van der Waals surface area contributed by atoms with Gasteiger partial charge in [-0.15, -0.1) is 0 Å². The molecule has 0 radical (unpaired) electrons. The van der Waals surface area contributed by atoms with Crippen LogP contribution in [0.1, 0.15) is 101 Å². The van der Waals surface area contributed by atoms with Gasteiger partial charge in [0.15, 0.2) is 0 Å². The largest absolute Gasteiger partial charge is 0.0850 e. The zero-order chi connectivity index (χ0) is 29.8. The molecule has 0 N–H and O–H groups in total. The maximum absolute atomic E-state index is 2.41. The average molecular weight is 537 g/mol. The Bertz CT molecular complexity index is 1200. The number of rotatable bonds is 10. The highest BCUT2D eigenvalue weighted by Crippen LogP contribution is 2.42. The fraction of sp³-hybridized carbons (Fsp3) is 0.450. The van der Waals surface area contributed by atoms with Crippen LogP contribution in [0.5, 0.6) is 0 Å². The lowest BCUT2D eigenvalue weighted by molar-refractivity contribution is 0.255. The third-order valence-corrected chi connectivity index (χ3v) is 8.46. The van der Waals surface area contributed by atoms with Gasteiger partial charge < -0.3 is 0 Å². The normalized spacial score (nSPS) is 23.6. The Balaban J connectivity index is 1.88. The predicted octanol–water partition coefficient (Wildman–Crippen LogP) is 12.5. The molecule has 0 aliphatic heterocycles. The van der Waals surface area contributed by atoms with Crippen molar-refractivity contribution in [2.75, 3.05) is 0 Å². The van der Waals surface area contributed by atoms with Crippen LogP contribution in [0.25, 0.3) is 0 Å². The van der Waals surface area contributed by atoms with Gasteiger partial charge in [-0.2, -0.15) is 0 Å². The van der Waals surface area contributed by atoms with Gasteiger partial charge in [-0.05, 0) is 90.0 Å². The van der Waals surface area contributed by atoms with Crippen LogP contribution < -0.4 is 0 Å². The minimum Gasteiger partial charge on any atom is -0.0850 e. The molecule has 0 aromatic rings. The van der Waals surface area contributed by atoms with Crippen molar-refractivity contribution in [3.8, 4) is 0 Å². The molecule has 0 fully saturated rings. The van der Waals surface area contributed by atoms with E-state index in [1.54, 1.807) is 5.57 Å². The minimum atomic E-state index is 0.291. The van der Waals surface area contributed by atoms with Gasteiger partial charge in [0.25, 0.3) is 0 Å². The molecule has 2 aliphatic rings. The Kier molecular flexibility index (Phi) is 13.2. The Morgan fingerprint density at radius 1 is 0.700 bits per heavy atom. The van der Waals surface area contributed by atoms with E-state index < -0.39 is 0 Å². The number of allylic oxidation sites excluding steroid dienone is 22. The second-order valence-electron chi connectivity index (χ2n) is 13.3. The summed E-state index contributed by atoms with van der Waals surface area (Å²) in [5.74, 6) is 0.532. The fourth-order valence-corrected chi connectivity index (χ4v) is 5.80. The van der Waals surface area contributed by atoms with Crippen molar-refractivity contribution >= 4 is 0 Å². The van der Waals surface area contributed by atoms with Crippen molar-refractivity contribution in [1.82, 2.24) is 0 Å². The Morgan fingerprint density at radius 3 is 1.77 bits per heavy atom. The average Bonchev–Trinajstić information content (AvgIpc) is 2.85. The van der Waals surface area contributed by atoms with Crippen LogP contribution in [-0.2, 0) is 0 Å². The Labute approximate surface area is 247 Å². The van der Waals surface area contributed by atoms with Crippen molar-refractivity contribution in [1.29, 1.82) is 0 Å². The van der Waals surface area contributed by atoms with Crippen molar-refractivity contribution in [2.24, 2.45) is 16.7 Å². The summed E-state index contributed by atoms with van der Waals surface area (Å²) >= 11 is 0. The summed E-state index contributed by atoms with van der Waals surface area (Å²) in [5, 5.41) is 0. The Hall–Kier alpha value is -2.86. The van der Waals surface area contributed by atoms with Crippen LogP contribution in [0, 0.1) is 16.7 Å². The van der Waals surface area contributed by atoms with Gasteiger partial charge in [-0.3, -0.25) is 0 Å². The second-order valence-corrected chi connectivity index (χ2v) is 13.3. The van der Waals surface area contributed by atoms with E-state index in [9.17, 15) is 0 Å². The first-order valence-corrected chi connectivity index (χ1v) is 15.3. The molecule has 0 bridgehead atoms.